The summed E-state index contributed by atoms with van der Waals surface area (Å²) >= 11 is 6.21. The lowest BCUT2D eigenvalue weighted by atomic mass is 9.79. The van der Waals surface area contributed by atoms with Crippen molar-refractivity contribution in [2.75, 3.05) is 17.6 Å². The summed E-state index contributed by atoms with van der Waals surface area (Å²) in [6.45, 7) is 1.01. The molecule has 2 aliphatic carbocycles. The molecule has 7 nitrogen and oxygen atoms in total. The van der Waals surface area contributed by atoms with Gasteiger partial charge in [0.2, 0.25) is 11.9 Å². The molecule has 9 heteroatoms. The second-order valence-electron chi connectivity index (χ2n) is 8.09. The van der Waals surface area contributed by atoms with Crippen LogP contribution < -0.4 is 21.9 Å². The topological polar surface area (TPSA) is 101 Å². The molecule has 3 atom stereocenters. The van der Waals surface area contributed by atoms with Crippen molar-refractivity contribution in [2.45, 2.75) is 49.6 Å². The van der Waals surface area contributed by atoms with Crippen LogP contribution >= 0.6 is 11.6 Å². The SMILES string of the molecule is Nc1nc(NC2(c3cccc(F)c3Cl)CC2)nc(C2CCC3CNNC3C2)n1. The molecule has 5 rings (SSSR count). The zero-order valence-electron chi connectivity index (χ0n) is 15.4. The van der Waals surface area contributed by atoms with Gasteiger partial charge < -0.3 is 11.1 Å². The molecule has 148 valence electrons. The van der Waals surface area contributed by atoms with E-state index in [1.54, 1.807) is 6.07 Å². The van der Waals surface area contributed by atoms with Crippen molar-refractivity contribution in [3.63, 3.8) is 0 Å². The number of halogens is 2. The maximum absolute atomic E-state index is 13.9. The highest BCUT2D eigenvalue weighted by Gasteiger charge is 2.47. The molecular weight excluding hydrogens is 381 g/mol. The average molecular weight is 404 g/mol. The summed E-state index contributed by atoms with van der Waals surface area (Å²) in [5.74, 6) is 1.85. The number of hydrogen-bond acceptors (Lipinski definition) is 7. The van der Waals surface area contributed by atoms with E-state index in [-0.39, 0.29) is 16.9 Å². The predicted octanol–water partition coefficient (Wildman–Crippen LogP) is 2.71. The van der Waals surface area contributed by atoms with E-state index >= 15 is 0 Å². The summed E-state index contributed by atoms with van der Waals surface area (Å²) in [4.78, 5) is 13.4. The summed E-state index contributed by atoms with van der Waals surface area (Å²) in [5, 5.41) is 3.51. The van der Waals surface area contributed by atoms with E-state index in [0.717, 1.165) is 50.0 Å². The smallest absolute Gasteiger partial charge is 0.228 e. The summed E-state index contributed by atoms with van der Waals surface area (Å²) < 4.78 is 13.9. The molecule has 0 amide bonds. The standard InChI is InChI=1S/C19H23ClFN7/c20-15-12(2-1-3-13(15)21)19(6-7-19)27-18-25-16(24-17(22)26-18)10-4-5-11-9-23-28-14(11)8-10/h1-3,10-11,14,23,28H,4-9H2,(H3,22,24,25,26,27). The minimum atomic E-state index is -0.446. The molecule has 0 spiro atoms. The van der Waals surface area contributed by atoms with Gasteiger partial charge in [-0.2, -0.15) is 15.0 Å². The van der Waals surface area contributed by atoms with E-state index < -0.39 is 11.4 Å². The van der Waals surface area contributed by atoms with Crippen molar-refractivity contribution >= 4 is 23.5 Å². The normalized spacial score (nSPS) is 28.0. The molecule has 28 heavy (non-hydrogen) atoms. The van der Waals surface area contributed by atoms with Gasteiger partial charge in [-0.25, -0.2) is 4.39 Å². The number of rotatable bonds is 4. The first-order chi connectivity index (χ1) is 13.5. The molecule has 3 fully saturated rings. The van der Waals surface area contributed by atoms with Gasteiger partial charge in [-0.05, 0) is 49.7 Å². The number of fused-ring (bicyclic) bond motifs is 1. The van der Waals surface area contributed by atoms with Crippen LogP contribution in [0.5, 0.6) is 0 Å². The van der Waals surface area contributed by atoms with Gasteiger partial charge in [0.1, 0.15) is 11.6 Å². The zero-order valence-corrected chi connectivity index (χ0v) is 16.1. The average Bonchev–Trinajstić information content (AvgIpc) is 3.28. The Bertz CT molecular complexity index is 904. The number of anilines is 2. The lowest BCUT2D eigenvalue weighted by Gasteiger charge is -2.30. The number of benzene rings is 1. The van der Waals surface area contributed by atoms with Gasteiger partial charge in [0, 0.05) is 18.5 Å². The van der Waals surface area contributed by atoms with Crippen LogP contribution in [0, 0.1) is 11.7 Å². The van der Waals surface area contributed by atoms with Crippen molar-refractivity contribution in [3.8, 4) is 0 Å². The number of hydrogen-bond donors (Lipinski definition) is 4. The summed E-state index contributed by atoms with van der Waals surface area (Å²) in [7, 11) is 0. The van der Waals surface area contributed by atoms with E-state index in [1.165, 1.54) is 6.07 Å². The van der Waals surface area contributed by atoms with Gasteiger partial charge >= 0.3 is 0 Å². The molecule has 0 bridgehead atoms. The van der Waals surface area contributed by atoms with E-state index in [2.05, 4.69) is 31.1 Å². The van der Waals surface area contributed by atoms with Crippen molar-refractivity contribution in [1.29, 1.82) is 0 Å². The van der Waals surface area contributed by atoms with Gasteiger partial charge in [-0.15, -0.1) is 0 Å². The number of nitrogens with two attached hydrogens (primary N) is 1. The number of nitrogen functional groups attached to an aromatic ring is 1. The second-order valence-corrected chi connectivity index (χ2v) is 8.46. The largest absolute Gasteiger partial charge is 0.368 e. The van der Waals surface area contributed by atoms with E-state index in [9.17, 15) is 4.39 Å². The summed E-state index contributed by atoms with van der Waals surface area (Å²) in [6.07, 6.45) is 4.81. The number of hydrazine groups is 1. The molecule has 2 aromatic rings. The molecule has 2 saturated carbocycles. The van der Waals surface area contributed by atoms with Gasteiger partial charge in [0.25, 0.3) is 0 Å². The Morgan fingerprint density at radius 1 is 1.21 bits per heavy atom. The van der Waals surface area contributed by atoms with E-state index in [1.807, 2.05) is 6.07 Å². The first kappa shape index (κ1) is 18.0. The van der Waals surface area contributed by atoms with Crippen LogP contribution in [0.2, 0.25) is 5.02 Å². The second kappa shape index (κ2) is 6.79. The van der Waals surface area contributed by atoms with E-state index in [4.69, 9.17) is 17.3 Å². The lowest BCUT2D eigenvalue weighted by Crippen LogP contribution is -2.36. The van der Waals surface area contributed by atoms with Crippen LogP contribution in [0.15, 0.2) is 18.2 Å². The van der Waals surface area contributed by atoms with Crippen molar-refractivity contribution in [2.24, 2.45) is 5.92 Å². The third kappa shape index (κ3) is 3.19. The fourth-order valence-electron chi connectivity index (χ4n) is 4.53. The Morgan fingerprint density at radius 3 is 2.89 bits per heavy atom. The third-order valence-corrected chi connectivity index (χ3v) is 6.63. The molecule has 5 N–H and O–H groups in total. The highest BCUT2D eigenvalue weighted by Crippen LogP contribution is 2.50. The molecule has 3 unspecified atom stereocenters. The van der Waals surface area contributed by atoms with Gasteiger partial charge in [0.15, 0.2) is 0 Å². The molecule has 0 radical (unpaired) electrons. The number of nitrogens with zero attached hydrogens (tertiary/aromatic N) is 3. The van der Waals surface area contributed by atoms with Crippen molar-refractivity contribution in [3.05, 3.63) is 40.4 Å². The predicted molar refractivity (Wildman–Crippen MR) is 105 cm³/mol. The summed E-state index contributed by atoms with van der Waals surface area (Å²) in [5.41, 5.74) is 12.9. The van der Waals surface area contributed by atoms with Crippen LogP contribution in [0.4, 0.5) is 16.3 Å². The van der Waals surface area contributed by atoms with Crippen LogP contribution in [-0.4, -0.2) is 27.5 Å². The maximum atomic E-state index is 13.9. The fraction of sp³-hybridized carbons (Fsp3) is 0.526. The fourth-order valence-corrected chi connectivity index (χ4v) is 4.84. The maximum Gasteiger partial charge on any atom is 0.228 e. The first-order valence-electron chi connectivity index (χ1n) is 9.76. The Morgan fingerprint density at radius 2 is 2.07 bits per heavy atom. The first-order valence-corrected chi connectivity index (χ1v) is 10.1. The minimum Gasteiger partial charge on any atom is -0.368 e. The van der Waals surface area contributed by atoms with Gasteiger partial charge in [-0.1, -0.05) is 23.7 Å². The molecule has 2 heterocycles. The molecular formula is C19H23ClFN7. The summed E-state index contributed by atoms with van der Waals surface area (Å²) in [6, 6.07) is 5.32. The molecule has 1 aromatic carbocycles. The minimum absolute atomic E-state index is 0.146. The molecule has 3 aliphatic rings. The molecule has 1 saturated heterocycles. The van der Waals surface area contributed by atoms with Crippen LogP contribution in [0.25, 0.3) is 0 Å². The van der Waals surface area contributed by atoms with Crippen molar-refractivity contribution < 1.29 is 4.39 Å². The monoisotopic (exact) mass is 403 g/mol. The quantitative estimate of drug-likeness (QED) is 0.622. The van der Waals surface area contributed by atoms with Crippen LogP contribution in [0.3, 0.4) is 0 Å². The Hall–Kier alpha value is -2.03. The van der Waals surface area contributed by atoms with Gasteiger partial charge in [0.05, 0.1) is 10.6 Å². The molecule has 1 aromatic heterocycles. The third-order valence-electron chi connectivity index (χ3n) is 6.25. The Balaban J connectivity index is 1.40. The zero-order chi connectivity index (χ0) is 19.3. The Kier molecular flexibility index (Phi) is 4.37. The number of aromatic nitrogens is 3. The van der Waals surface area contributed by atoms with Gasteiger partial charge in [-0.3, -0.25) is 10.9 Å². The Labute approximate surface area is 167 Å². The lowest BCUT2D eigenvalue weighted by molar-refractivity contribution is 0.296. The molecule has 1 aliphatic heterocycles. The van der Waals surface area contributed by atoms with Crippen molar-refractivity contribution in [1.82, 2.24) is 25.8 Å². The highest BCUT2D eigenvalue weighted by molar-refractivity contribution is 6.31. The van der Waals surface area contributed by atoms with Crippen LogP contribution in [0.1, 0.15) is 49.4 Å². The van der Waals surface area contributed by atoms with E-state index in [0.29, 0.717) is 17.9 Å². The number of nitrogens with one attached hydrogen (secondary N) is 3. The van der Waals surface area contributed by atoms with Crippen LogP contribution in [-0.2, 0) is 5.54 Å². The highest BCUT2D eigenvalue weighted by atomic mass is 35.5.